The van der Waals surface area contributed by atoms with Crippen molar-refractivity contribution in [3.8, 4) is 0 Å². The minimum Gasteiger partial charge on any atom is -0.134 e. The average molecular weight is 398 g/mol. The first-order chi connectivity index (χ1) is 12.3. The first-order valence-electron chi connectivity index (χ1n) is 7.98. The minimum absolute atomic E-state index is 0.0380. The molecule has 0 spiro atoms. The second-order valence-corrected chi connectivity index (χ2v) is 11.7. The first-order valence-corrected chi connectivity index (χ1v) is 11.7. The Bertz CT molecular complexity index is 899. The van der Waals surface area contributed by atoms with E-state index >= 15 is 0 Å². The molecule has 25 heavy (non-hydrogen) atoms. The maximum absolute atomic E-state index is 2.30. The van der Waals surface area contributed by atoms with Crippen molar-refractivity contribution in [3.63, 3.8) is 0 Å². The van der Waals surface area contributed by atoms with Gasteiger partial charge in [-0.2, -0.15) is 0 Å². The van der Waals surface area contributed by atoms with Crippen molar-refractivity contribution >= 4 is 45.3 Å². The lowest BCUT2D eigenvalue weighted by molar-refractivity contribution is 1.36. The van der Waals surface area contributed by atoms with Crippen molar-refractivity contribution in [2.45, 2.75) is 29.3 Å². The SMILES string of the molecule is Cc1ccc(Sc2ccc([S+](c3ccccc3)c3ccccc3)s2)s1. The predicted octanol–water partition coefficient (Wildman–Crippen LogP) is 7.36. The van der Waals surface area contributed by atoms with Crippen LogP contribution in [0.5, 0.6) is 0 Å². The molecule has 2 heterocycles. The Morgan fingerprint density at radius 1 is 0.640 bits per heavy atom. The van der Waals surface area contributed by atoms with Crippen LogP contribution in [0.4, 0.5) is 0 Å². The van der Waals surface area contributed by atoms with E-state index in [1.165, 1.54) is 27.3 Å². The molecule has 0 aliphatic rings. The first kappa shape index (κ1) is 17.0. The van der Waals surface area contributed by atoms with Crippen LogP contribution in [-0.2, 0) is 10.9 Å². The number of hydrogen-bond acceptors (Lipinski definition) is 3. The fourth-order valence-corrected chi connectivity index (χ4v) is 8.88. The molecule has 2 aromatic carbocycles. The smallest absolute Gasteiger partial charge is 0.134 e. The second-order valence-electron chi connectivity index (χ2n) is 5.47. The highest BCUT2D eigenvalue weighted by molar-refractivity contribution is 8.03. The number of rotatable bonds is 5. The summed E-state index contributed by atoms with van der Waals surface area (Å²) in [5.74, 6) is 0. The van der Waals surface area contributed by atoms with Gasteiger partial charge in [0.2, 0.25) is 4.21 Å². The third-order valence-electron chi connectivity index (χ3n) is 3.63. The lowest BCUT2D eigenvalue weighted by Crippen LogP contribution is -2.02. The van der Waals surface area contributed by atoms with Crippen molar-refractivity contribution < 1.29 is 0 Å². The van der Waals surface area contributed by atoms with E-state index in [0.29, 0.717) is 0 Å². The van der Waals surface area contributed by atoms with Gasteiger partial charge < -0.3 is 0 Å². The molecule has 0 atom stereocenters. The molecule has 0 saturated heterocycles. The third kappa shape index (κ3) is 4.04. The molecule has 0 radical (unpaired) electrons. The van der Waals surface area contributed by atoms with E-state index in [1.54, 1.807) is 0 Å². The van der Waals surface area contributed by atoms with Crippen LogP contribution in [0.1, 0.15) is 4.88 Å². The van der Waals surface area contributed by atoms with Gasteiger partial charge in [-0.25, -0.2) is 0 Å². The Kier molecular flexibility index (Phi) is 5.32. The van der Waals surface area contributed by atoms with Crippen LogP contribution >= 0.6 is 34.4 Å². The Morgan fingerprint density at radius 3 is 1.76 bits per heavy atom. The van der Waals surface area contributed by atoms with Gasteiger partial charge in [-0.3, -0.25) is 0 Å². The van der Waals surface area contributed by atoms with Crippen molar-refractivity contribution in [3.05, 3.63) is 89.8 Å². The standard InChI is InChI=1S/C21H17S4/c1-16-12-13-19(22-16)23-20-14-15-21(24-20)25(17-8-4-2-5-9-17)18-10-6-3-7-11-18/h2-15H,1H3/q+1. The van der Waals surface area contributed by atoms with Crippen molar-refractivity contribution in [1.29, 1.82) is 0 Å². The summed E-state index contributed by atoms with van der Waals surface area (Å²) in [4.78, 5) is 4.12. The Balaban J connectivity index is 1.68. The molecule has 0 unspecified atom stereocenters. The number of aryl methyl sites for hydroxylation is 1. The average Bonchev–Trinajstić information content (AvgIpc) is 3.27. The summed E-state index contributed by atoms with van der Waals surface area (Å²) >= 11 is 5.66. The molecular weight excluding hydrogens is 380 g/mol. The maximum Gasteiger partial charge on any atom is 0.221 e. The van der Waals surface area contributed by atoms with E-state index in [-0.39, 0.29) is 10.9 Å². The molecule has 0 bridgehead atoms. The van der Waals surface area contributed by atoms with E-state index in [0.717, 1.165) is 0 Å². The van der Waals surface area contributed by atoms with Crippen LogP contribution in [0.2, 0.25) is 0 Å². The zero-order valence-corrected chi connectivity index (χ0v) is 17.0. The van der Waals surface area contributed by atoms with Gasteiger partial charge in [0.05, 0.1) is 8.42 Å². The van der Waals surface area contributed by atoms with Crippen molar-refractivity contribution in [1.82, 2.24) is 0 Å². The molecule has 4 aromatic rings. The van der Waals surface area contributed by atoms with Gasteiger partial charge in [-0.05, 0) is 49.4 Å². The van der Waals surface area contributed by atoms with Crippen LogP contribution in [0.25, 0.3) is 0 Å². The third-order valence-corrected chi connectivity index (χ3v) is 9.55. The summed E-state index contributed by atoms with van der Waals surface area (Å²) in [6.45, 7) is 2.16. The molecule has 0 aliphatic carbocycles. The molecule has 0 aliphatic heterocycles. The molecular formula is C21H17S4+. The molecule has 0 amide bonds. The van der Waals surface area contributed by atoms with Gasteiger partial charge in [-0.1, -0.05) is 59.5 Å². The van der Waals surface area contributed by atoms with Crippen LogP contribution in [0.15, 0.2) is 107 Å². The minimum atomic E-state index is -0.0380. The zero-order chi connectivity index (χ0) is 17.1. The van der Waals surface area contributed by atoms with E-state index in [2.05, 4.69) is 91.9 Å². The molecule has 0 saturated carbocycles. The highest BCUT2D eigenvalue weighted by atomic mass is 32.2. The largest absolute Gasteiger partial charge is 0.221 e. The molecule has 0 N–H and O–H groups in total. The summed E-state index contributed by atoms with van der Waals surface area (Å²) < 4.78 is 4.15. The highest BCUT2D eigenvalue weighted by Crippen LogP contribution is 2.41. The molecule has 0 fully saturated rings. The van der Waals surface area contributed by atoms with Crippen molar-refractivity contribution in [2.75, 3.05) is 0 Å². The predicted molar refractivity (Wildman–Crippen MR) is 113 cm³/mol. The van der Waals surface area contributed by atoms with Crippen LogP contribution in [0.3, 0.4) is 0 Å². The summed E-state index contributed by atoms with van der Waals surface area (Å²) in [5.41, 5.74) is 0. The fourth-order valence-electron chi connectivity index (χ4n) is 2.52. The lowest BCUT2D eigenvalue weighted by Gasteiger charge is -2.05. The van der Waals surface area contributed by atoms with E-state index in [9.17, 15) is 0 Å². The Morgan fingerprint density at radius 2 is 1.20 bits per heavy atom. The van der Waals surface area contributed by atoms with E-state index in [4.69, 9.17) is 0 Å². The summed E-state index contributed by atoms with van der Waals surface area (Å²) in [6.07, 6.45) is 0. The molecule has 4 heteroatoms. The fraction of sp³-hybridized carbons (Fsp3) is 0.0476. The van der Waals surface area contributed by atoms with Crippen LogP contribution in [-0.4, -0.2) is 0 Å². The summed E-state index contributed by atoms with van der Waals surface area (Å²) in [7, 11) is -0.0380. The maximum atomic E-state index is 2.30. The van der Waals surface area contributed by atoms with Crippen LogP contribution < -0.4 is 0 Å². The van der Waals surface area contributed by atoms with Crippen molar-refractivity contribution in [2.24, 2.45) is 0 Å². The lowest BCUT2D eigenvalue weighted by atomic mass is 10.4. The monoisotopic (exact) mass is 397 g/mol. The second kappa shape index (κ2) is 7.83. The van der Waals surface area contributed by atoms with E-state index in [1.807, 2.05) is 34.4 Å². The van der Waals surface area contributed by atoms with E-state index < -0.39 is 0 Å². The number of thiophene rings is 2. The van der Waals surface area contributed by atoms with Crippen LogP contribution in [0, 0.1) is 6.92 Å². The molecule has 2 aromatic heterocycles. The van der Waals surface area contributed by atoms with Gasteiger partial charge in [0.1, 0.15) is 10.9 Å². The van der Waals surface area contributed by atoms with Gasteiger partial charge in [0.25, 0.3) is 0 Å². The summed E-state index contributed by atoms with van der Waals surface area (Å²) in [5, 5.41) is 0. The van der Waals surface area contributed by atoms with Gasteiger partial charge >= 0.3 is 0 Å². The van der Waals surface area contributed by atoms with Gasteiger partial charge in [-0.15, -0.1) is 11.3 Å². The Hall–Kier alpha value is -1.46. The molecule has 124 valence electrons. The number of benzene rings is 2. The molecule has 0 nitrogen and oxygen atoms in total. The quantitative estimate of drug-likeness (QED) is 0.317. The normalized spacial score (nSPS) is 11.1. The van der Waals surface area contributed by atoms with Gasteiger partial charge in [0, 0.05) is 10.9 Å². The van der Waals surface area contributed by atoms with Gasteiger partial charge in [0.15, 0.2) is 9.79 Å². The summed E-state index contributed by atoms with van der Waals surface area (Å²) in [6, 6.07) is 30.7. The topological polar surface area (TPSA) is 0 Å². The Labute approximate surface area is 163 Å². The molecule has 4 rings (SSSR count). The highest BCUT2D eigenvalue weighted by Gasteiger charge is 2.30. The zero-order valence-electron chi connectivity index (χ0n) is 13.7. The number of hydrogen-bond donors (Lipinski definition) is 0.